The average molecular weight is 377 g/mol. The van der Waals surface area contributed by atoms with E-state index in [0.29, 0.717) is 13.0 Å². The Kier molecular flexibility index (Phi) is 7.45. The van der Waals surface area contributed by atoms with Crippen LogP contribution in [0.5, 0.6) is 11.5 Å². The number of nitrogens with one attached hydrogen (secondary N) is 1. The molecule has 140 valence electrons. The number of hydrogen-bond acceptors (Lipinski definition) is 4. The summed E-state index contributed by atoms with van der Waals surface area (Å²) in [6.07, 6.45) is 1.11. The fourth-order valence-electron chi connectivity index (χ4n) is 3.00. The number of nitrogens with two attached hydrogens (primary N) is 1. The molecule has 1 fully saturated rings. The van der Waals surface area contributed by atoms with Crippen LogP contribution in [0.4, 0.5) is 0 Å². The van der Waals surface area contributed by atoms with E-state index in [2.05, 4.69) is 5.32 Å². The molecule has 0 saturated carbocycles. The van der Waals surface area contributed by atoms with Gasteiger partial charge in [0, 0.05) is 12.1 Å². The summed E-state index contributed by atoms with van der Waals surface area (Å²) in [5, 5.41) is 3.02. The van der Waals surface area contributed by atoms with Gasteiger partial charge in [-0.2, -0.15) is 0 Å². The molecule has 1 saturated heterocycles. The van der Waals surface area contributed by atoms with Crippen molar-refractivity contribution in [1.29, 1.82) is 0 Å². The molecule has 5 nitrogen and oxygen atoms in total. The SMILES string of the molecule is CC(NC(=O)[C@@H]1CC[C@H](CN)O1)c1ccccc1Oc1ccccc1.Cl. The van der Waals surface area contributed by atoms with E-state index < -0.39 is 6.10 Å². The number of rotatable bonds is 6. The highest BCUT2D eigenvalue weighted by Crippen LogP contribution is 2.30. The van der Waals surface area contributed by atoms with Crippen LogP contribution >= 0.6 is 12.4 Å². The van der Waals surface area contributed by atoms with Gasteiger partial charge in [0.2, 0.25) is 5.91 Å². The maximum absolute atomic E-state index is 12.4. The largest absolute Gasteiger partial charge is 0.457 e. The van der Waals surface area contributed by atoms with Gasteiger partial charge in [0.15, 0.2) is 0 Å². The van der Waals surface area contributed by atoms with E-state index >= 15 is 0 Å². The molecule has 6 heteroatoms. The zero-order chi connectivity index (χ0) is 17.6. The summed E-state index contributed by atoms with van der Waals surface area (Å²) in [5.74, 6) is 1.39. The Bertz CT molecular complexity index is 711. The predicted molar refractivity (Wildman–Crippen MR) is 104 cm³/mol. The van der Waals surface area contributed by atoms with Crippen molar-refractivity contribution >= 4 is 18.3 Å². The van der Waals surface area contributed by atoms with Crippen LogP contribution in [0.3, 0.4) is 0 Å². The van der Waals surface area contributed by atoms with Gasteiger partial charge in [-0.3, -0.25) is 4.79 Å². The monoisotopic (exact) mass is 376 g/mol. The summed E-state index contributed by atoms with van der Waals surface area (Å²) in [4.78, 5) is 12.4. The van der Waals surface area contributed by atoms with Crippen LogP contribution in [-0.4, -0.2) is 24.7 Å². The van der Waals surface area contributed by atoms with Gasteiger partial charge < -0.3 is 20.5 Å². The fraction of sp³-hybridized carbons (Fsp3) is 0.350. The minimum atomic E-state index is -0.418. The number of carbonyl (C=O) groups is 1. The van der Waals surface area contributed by atoms with E-state index in [1.807, 2.05) is 61.5 Å². The molecule has 2 aromatic rings. The van der Waals surface area contributed by atoms with E-state index in [1.54, 1.807) is 0 Å². The summed E-state index contributed by atoms with van der Waals surface area (Å²) in [7, 11) is 0. The Morgan fingerprint density at radius 1 is 1.19 bits per heavy atom. The number of halogens is 1. The summed E-state index contributed by atoms with van der Waals surface area (Å²) >= 11 is 0. The molecule has 1 aliphatic heterocycles. The topological polar surface area (TPSA) is 73.6 Å². The third kappa shape index (κ3) is 4.97. The van der Waals surface area contributed by atoms with Crippen molar-refractivity contribution in [2.45, 2.75) is 38.0 Å². The third-order valence-corrected chi connectivity index (χ3v) is 4.38. The number of ether oxygens (including phenoxy) is 2. The van der Waals surface area contributed by atoms with Crippen LogP contribution in [0.25, 0.3) is 0 Å². The van der Waals surface area contributed by atoms with Crippen molar-refractivity contribution in [1.82, 2.24) is 5.32 Å². The summed E-state index contributed by atoms with van der Waals surface area (Å²) in [5.41, 5.74) is 6.53. The maximum Gasteiger partial charge on any atom is 0.249 e. The minimum absolute atomic E-state index is 0. The molecule has 0 aliphatic carbocycles. The first kappa shape index (κ1) is 20.2. The summed E-state index contributed by atoms with van der Waals surface area (Å²) in [6.45, 7) is 2.40. The highest BCUT2D eigenvalue weighted by Gasteiger charge is 2.30. The van der Waals surface area contributed by atoms with Crippen molar-refractivity contribution < 1.29 is 14.3 Å². The highest BCUT2D eigenvalue weighted by molar-refractivity contribution is 5.85. The molecule has 3 rings (SSSR count). The zero-order valence-electron chi connectivity index (χ0n) is 14.8. The zero-order valence-corrected chi connectivity index (χ0v) is 15.6. The quantitative estimate of drug-likeness (QED) is 0.808. The number of benzene rings is 2. The highest BCUT2D eigenvalue weighted by atomic mass is 35.5. The smallest absolute Gasteiger partial charge is 0.249 e. The van der Waals surface area contributed by atoms with Crippen LogP contribution in [0.1, 0.15) is 31.4 Å². The second kappa shape index (κ2) is 9.57. The second-order valence-electron chi connectivity index (χ2n) is 6.24. The van der Waals surface area contributed by atoms with Crippen LogP contribution in [-0.2, 0) is 9.53 Å². The van der Waals surface area contributed by atoms with E-state index in [-0.39, 0.29) is 30.5 Å². The van der Waals surface area contributed by atoms with E-state index in [0.717, 1.165) is 23.5 Å². The van der Waals surface area contributed by atoms with Gasteiger partial charge >= 0.3 is 0 Å². The maximum atomic E-state index is 12.4. The molecule has 1 heterocycles. The molecule has 0 aromatic heterocycles. The number of hydrogen-bond donors (Lipinski definition) is 2. The Balaban J connectivity index is 0.00000243. The summed E-state index contributed by atoms with van der Waals surface area (Å²) < 4.78 is 11.6. The van der Waals surface area contributed by atoms with Gasteiger partial charge in [0.25, 0.3) is 0 Å². The van der Waals surface area contributed by atoms with E-state index in [4.69, 9.17) is 15.2 Å². The third-order valence-electron chi connectivity index (χ3n) is 4.38. The molecule has 3 atom stereocenters. The van der Waals surface area contributed by atoms with Crippen LogP contribution in [0.2, 0.25) is 0 Å². The lowest BCUT2D eigenvalue weighted by molar-refractivity contribution is -0.132. The van der Waals surface area contributed by atoms with Crippen LogP contribution in [0, 0.1) is 0 Å². The first-order valence-electron chi connectivity index (χ1n) is 8.65. The number of para-hydroxylation sites is 2. The van der Waals surface area contributed by atoms with E-state index in [9.17, 15) is 4.79 Å². The average Bonchev–Trinajstić information content (AvgIpc) is 3.12. The Labute approximate surface area is 160 Å². The molecular formula is C20H25ClN2O3. The minimum Gasteiger partial charge on any atom is -0.457 e. The van der Waals surface area contributed by atoms with Crippen LogP contribution < -0.4 is 15.8 Å². The Morgan fingerprint density at radius 3 is 2.58 bits per heavy atom. The first-order valence-corrected chi connectivity index (χ1v) is 8.65. The molecule has 0 spiro atoms. The van der Waals surface area contributed by atoms with E-state index in [1.165, 1.54) is 0 Å². The van der Waals surface area contributed by atoms with Crippen molar-refractivity contribution in [2.75, 3.05) is 6.54 Å². The lowest BCUT2D eigenvalue weighted by Crippen LogP contribution is -2.37. The Morgan fingerprint density at radius 2 is 1.88 bits per heavy atom. The van der Waals surface area contributed by atoms with Crippen molar-refractivity contribution in [3.05, 3.63) is 60.2 Å². The lowest BCUT2D eigenvalue weighted by Gasteiger charge is -2.20. The van der Waals surface area contributed by atoms with Crippen LogP contribution in [0.15, 0.2) is 54.6 Å². The fourth-order valence-corrected chi connectivity index (χ4v) is 3.00. The normalized spacial score (nSPS) is 20.1. The van der Waals surface area contributed by atoms with Crippen molar-refractivity contribution in [3.63, 3.8) is 0 Å². The molecule has 26 heavy (non-hydrogen) atoms. The number of carbonyl (C=O) groups excluding carboxylic acids is 1. The van der Waals surface area contributed by atoms with Gasteiger partial charge in [-0.05, 0) is 38.0 Å². The molecule has 0 bridgehead atoms. The molecule has 1 unspecified atom stereocenters. The molecular weight excluding hydrogens is 352 g/mol. The molecule has 2 aromatic carbocycles. The van der Waals surface area contributed by atoms with Gasteiger partial charge in [-0.25, -0.2) is 0 Å². The molecule has 1 amide bonds. The summed E-state index contributed by atoms with van der Waals surface area (Å²) in [6, 6.07) is 17.1. The van der Waals surface area contributed by atoms with Gasteiger partial charge in [0.1, 0.15) is 17.6 Å². The standard InChI is InChI=1S/C20H24N2O3.ClH/c1-14(22-20(23)19-12-11-16(13-21)25-19)17-9-5-6-10-18(17)24-15-7-3-2-4-8-15;/h2-10,14,16,19H,11-13,21H2,1H3,(H,22,23);1H/t14?,16-,19+;/m1./s1. The lowest BCUT2D eigenvalue weighted by atomic mass is 10.1. The predicted octanol–water partition coefficient (Wildman–Crippen LogP) is 3.58. The van der Waals surface area contributed by atoms with Crippen molar-refractivity contribution in [2.24, 2.45) is 5.73 Å². The van der Waals surface area contributed by atoms with Gasteiger partial charge in [0.05, 0.1) is 12.1 Å². The second-order valence-corrected chi connectivity index (χ2v) is 6.24. The van der Waals surface area contributed by atoms with Gasteiger partial charge in [-0.1, -0.05) is 36.4 Å². The number of amides is 1. The molecule has 0 radical (unpaired) electrons. The van der Waals surface area contributed by atoms with Crippen molar-refractivity contribution in [3.8, 4) is 11.5 Å². The van der Waals surface area contributed by atoms with Gasteiger partial charge in [-0.15, -0.1) is 12.4 Å². The first-order chi connectivity index (χ1) is 12.2. The Hall–Kier alpha value is -2.08. The molecule has 3 N–H and O–H groups in total. The molecule has 1 aliphatic rings.